The van der Waals surface area contributed by atoms with Crippen molar-refractivity contribution < 1.29 is 4.79 Å². The van der Waals surface area contributed by atoms with Gasteiger partial charge in [-0.15, -0.1) is 0 Å². The fourth-order valence-corrected chi connectivity index (χ4v) is 2.84. The molecule has 1 aliphatic rings. The Morgan fingerprint density at radius 1 is 1.35 bits per heavy atom. The van der Waals surface area contributed by atoms with Crippen LogP contribution >= 0.6 is 15.9 Å². The van der Waals surface area contributed by atoms with Crippen LogP contribution in [0, 0.1) is 5.92 Å². The van der Waals surface area contributed by atoms with E-state index in [1.165, 1.54) is 0 Å². The predicted molar refractivity (Wildman–Crippen MR) is 85.7 cm³/mol. The van der Waals surface area contributed by atoms with Crippen molar-refractivity contribution in [3.8, 4) is 0 Å². The Hall–Kier alpha value is -0.870. The molecule has 1 aliphatic heterocycles. The molecule has 3 nitrogen and oxygen atoms in total. The smallest absolute Gasteiger partial charge is 0.230 e. The third kappa shape index (κ3) is 3.41. The maximum atomic E-state index is 12.6. The zero-order valence-corrected chi connectivity index (χ0v) is 14.0. The van der Waals surface area contributed by atoms with Crippen molar-refractivity contribution in [1.29, 1.82) is 0 Å². The molecular formula is C16H23BrN2O. The molecule has 1 saturated heterocycles. The average molecular weight is 339 g/mol. The van der Waals surface area contributed by atoms with E-state index in [2.05, 4.69) is 33.5 Å². The monoisotopic (exact) mass is 338 g/mol. The molecule has 110 valence electrons. The lowest BCUT2D eigenvalue weighted by atomic mass is 9.83. The number of piperidine rings is 1. The van der Waals surface area contributed by atoms with Gasteiger partial charge >= 0.3 is 0 Å². The highest BCUT2D eigenvalue weighted by Crippen LogP contribution is 2.26. The van der Waals surface area contributed by atoms with Crippen molar-refractivity contribution in [3.05, 3.63) is 34.3 Å². The fraction of sp³-hybridized carbons (Fsp3) is 0.562. The first-order chi connectivity index (χ1) is 9.41. The van der Waals surface area contributed by atoms with Gasteiger partial charge in [0.15, 0.2) is 0 Å². The predicted octanol–water partition coefficient (Wildman–Crippen LogP) is 2.84. The standard InChI is InChI=1S/C16H23BrN2O/c1-11-10-18-9-8-14(11)19-15(20)16(2,3)12-4-6-13(17)7-5-12/h4-7,11,14,18H,8-10H2,1-3H3,(H,19,20). The van der Waals surface area contributed by atoms with Crippen LogP contribution in [0.4, 0.5) is 0 Å². The average Bonchev–Trinajstić information content (AvgIpc) is 2.41. The molecule has 2 unspecified atom stereocenters. The van der Waals surface area contributed by atoms with Gasteiger partial charge in [0.2, 0.25) is 5.91 Å². The summed E-state index contributed by atoms with van der Waals surface area (Å²) in [7, 11) is 0. The molecule has 1 aromatic rings. The number of hydrogen-bond acceptors (Lipinski definition) is 2. The molecule has 20 heavy (non-hydrogen) atoms. The summed E-state index contributed by atoms with van der Waals surface area (Å²) in [6.45, 7) is 8.11. The van der Waals surface area contributed by atoms with Gasteiger partial charge in [-0.2, -0.15) is 0 Å². The Bertz CT molecular complexity index is 470. The minimum atomic E-state index is -0.509. The zero-order valence-electron chi connectivity index (χ0n) is 12.4. The molecule has 1 aromatic carbocycles. The first kappa shape index (κ1) is 15.5. The molecule has 0 bridgehead atoms. The Morgan fingerprint density at radius 3 is 2.60 bits per heavy atom. The topological polar surface area (TPSA) is 41.1 Å². The summed E-state index contributed by atoms with van der Waals surface area (Å²) in [5, 5.41) is 6.59. The van der Waals surface area contributed by atoms with Crippen LogP contribution in [0.25, 0.3) is 0 Å². The summed E-state index contributed by atoms with van der Waals surface area (Å²) < 4.78 is 1.03. The van der Waals surface area contributed by atoms with Crippen LogP contribution in [0.15, 0.2) is 28.7 Å². The highest BCUT2D eigenvalue weighted by molar-refractivity contribution is 9.10. The Kier molecular flexibility index (Phi) is 4.86. The number of hydrogen-bond donors (Lipinski definition) is 2. The van der Waals surface area contributed by atoms with Crippen molar-refractivity contribution in [2.24, 2.45) is 5.92 Å². The van der Waals surface area contributed by atoms with E-state index >= 15 is 0 Å². The highest BCUT2D eigenvalue weighted by Gasteiger charge is 2.33. The number of benzene rings is 1. The van der Waals surface area contributed by atoms with Crippen molar-refractivity contribution in [1.82, 2.24) is 10.6 Å². The molecule has 0 aliphatic carbocycles. The number of amides is 1. The van der Waals surface area contributed by atoms with Crippen molar-refractivity contribution in [3.63, 3.8) is 0 Å². The van der Waals surface area contributed by atoms with E-state index in [4.69, 9.17) is 0 Å². The lowest BCUT2D eigenvalue weighted by Crippen LogP contribution is -2.52. The number of halogens is 1. The van der Waals surface area contributed by atoms with Gasteiger partial charge in [-0.3, -0.25) is 4.79 Å². The van der Waals surface area contributed by atoms with E-state index in [1.807, 2.05) is 38.1 Å². The van der Waals surface area contributed by atoms with E-state index in [1.54, 1.807) is 0 Å². The summed E-state index contributed by atoms with van der Waals surface area (Å²) in [6.07, 6.45) is 1.00. The third-order valence-corrected chi connectivity index (χ3v) is 4.76. The highest BCUT2D eigenvalue weighted by atomic mass is 79.9. The van der Waals surface area contributed by atoms with E-state index in [9.17, 15) is 4.79 Å². The molecule has 1 amide bonds. The summed E-state index contributed by atoms with van der Waals surface area (Å²) >= 11 is 3.43. The molecule has 0 spiro atoms. The van der Waals surface area contributed by atoms with Gasteiger partial charge in [0, 0.05) is 10.5 Å². The second-order valence-electron chi connectivity index (χ2n) is 6.18. The minimum Gasteiger partial charge on any atom is -0.352 e. The molecular weight excluding hydrogens is 316 g/mol. The van der Waals surface area contributed by atoms with Crippen molar-refractivity contribution >= 4 is 21.8 Å². The van der Waals surface area contributed by atoms with Crippen LogP contribution in [0.3, 0.4) is 0 Å². The fourth-order valence-electron chi connectivity index (χ4n) is 2.57. The third-order valence-electron chi connectivity index (χ3n) is 4.24. The molecule has 1 heterocycles. The quantitative estimate of drug-likeness (QED) is 0.889. The number of carbonyl (C=O) groups excluding carboxylic acids is 1. The molecule has 2 atom stereocenters. The second-order valence-corrected chi connectivity index (χ2v) is 7.10. The first-order valence-electron chi connectivity index (χ1n) is 7.19. The normalized spacial score (nSPS) is 23.4. The van der Waals surface area contributed by atoms with Crippen molar-refractivity contribution in [2.45, 2.75) is 38.6 Å². The molecule has 0 saturated carbocycles. The maximum Gasteiger partial charge on any atom is 0.230 e. The summed E-state index contributed by atoms with van der Waals surface area (Å²) in [6, 6.07) is 8.26. The number of nitrogens with one attached hydrogen (secondary N) is 2. The van der Waals surface area contributed by atoms with E-state index in [0.717, 1.165) is 29.5 Å². The van der Waals surface area contributed by atoms with Crippen LogP contribution < -0.4 is 10.6 Å². The number of carbonyl (C=O) groups is 1. The second kappa shape index (κ2) is 6.27. The van der Waals surface area contributed by atoms with E-state index < -0.39 is 5.41 Å². The van der Waals surface area contributed by atoms with Crippen molar-refractivity contribution in [2.75, 3.05) is 13.1 Å². The van der Waals surface area contributed by atoms with Gasteiger partial charge in [-0.1, -0.05) is 35.0 Å². The van der Waals surface area contributed by atoms with Crippen LogP contribution in [-0.2, 0) is 10.2 Å². The minimum absolute atomic E-state index is 0.110. The summed E-state index contributed by atoms with van der Waals surface area (Å²) in [5.74, 6) is 0.590. The van der Waals surface area contributed by atoms with Crippen LogP contribution in [0.1, 0.15) is 32.8 Å². The Labute approximate surface area is 129 Å². The first-order valence-corrected chi connectivity index (χ1v) is 7.98. The summed E-state index contributed by atoms with van der Waals surface area (Å²) in [5.41, 5.74) is 0.533. The SMILES string of the molecule is CC1CNCCC1NC(=O)C(C)(C)c1ccc(Br)cc1. The molecule has 0 radical (unpaired) electrons. The van der Waals surface area contributed by atoms with Gasteiger partial charge in [0.05, 0.1) is 5.41 Å². The molecule has 2 rings (SSSR count). The van der Waals surface area contributed by atoms with Gasteiger partial charge in [-0.05, 0) is 57.0 Å². The lowest BCUT2D eigenvalue weighted by Gasteiger charge is -2.33. The van der Waals surface area contributed by atoms with E-state index in [-0.39, 0.29) is 11.9 Å². The van der Waals surface area contributed by atoms with E-state index in [0.29, 0.717) is 5.92 Å². The van der Waals surface area contributed by atoms with Crippen LogP contribution in [0.2, 0.25) is 0 Å². The lowest BCUT2D eigenvalue weighted by molar-refractivity contribution is -0.126. The van der Waals surface area contributed by atoms with Gasteiger partial charge < -0.3 is 10.6 Å². The maximum absolute atomic E-state index is 12.6. The van der Waals surface area contributed by atoms with Gasteiger partial charge in [-0.25, -0.2) is 0 Å². The van der Waals surface area contributed by atoms with Gasteiger partial charge in [0.1, 0.15) is 0 Å². The Balaban J connectivity index is 2.08. The van der Waals surface area contributed by atoms with Crippen LogP contribution in [-0.4, -0.2) is 25.0 Å². The largest absolute Gasteiger partial charge is 0.352 e. The molecule has 1 fully saturated rings. The Morgan fingerprint density at radius 2 is 2.00 bits per heavy atom. The molecule has 2 N–H and O–H groups in total. The van der Waals surface area contributed by atoms with Crippen LogP contribution in [0.5, 0.6) is 0 Å². The molecule has 0 aromatic heterocycles. The summed E-state index contributed by atoms with van der Waals surface area (Å²) in [4.78, 5) is 12.6. The molecule has 4 heteroatoms. The number of rotatable bonds is 3. The zero-order chi connectivity index (χ0) is 14.8. The van der Waals surface area contributed by atoms with Gasteiger partial charge in [0.25, 0.3) is 0 Å².